The third-order valence-corrected chi connectivity index (χ3v) is 17.9. The highest BCUT2D eigenvalue weighted by Crippen LogP contribution is 2.53. The molecule has 0 saturated carbocycles. The van der Waals surface area contributed by atoms with Crippen molar-refractivity contribution in [2.24, 2.45) is 0 Å². The highest BCUT2D eigenvalue weighted by molar-refractivity contribution is 6.28. The van der Waals surface area contributed by atoms with Crippen LogP contribution >= 0.6 is 0 Å². The third kappa shape index (κ3) is 11.3. The van der Waals surface area contributed by atoms with Gasteiger partial charge in [-0.15, -0.1) is 0 Å². The molecule has 0 radical (unpaired) electrons. The number of hydrogen-bond acceptors (Lipinski definition) is 2. The van der Waals surface area contributed by atoms with Crippen molar-refractivity contribution >= 4 is 66.4 Å². The summed E-state index contributed by atoms with van der Waals surface area (Å²) in [5.74, 6) is -0.662. The molecule has 0 aliphatic rings. The minimum atomic E-state index is -0.331. The molecular formula is C84H82F2N2. The summed E-state index contributed by atoms with van der Waals surface area (Å²) >= 11 is 0. The first-order valence-corrected chi connectivity index (χ1v) is 31.2. The van der Waals surface area contributed by atoms with Crippen LogP contribution in [0.1, 0.15) is 128 Å². The van der Waals surface area contributed by atoms with Crippen molar-refractivity contribution in [1.82, 2.24) is 0 Å². The molecule has 0 aromatic heterocycles. The molecule has 0 unspecified atom stereocenters. The van der Waals surface area contributed by atoms with Crippen molar-refractivity contribution in [2.75, 3.05) is 9.80 Å². The average Bonchev–Trinajstić information content (AvgIpc) is 0.732. The van der Waals surface area contributed by atoms with Gasteiger partial charge >= 0.3 is 0 Å². The van der Waals surface area contributed by atoms with E-state index in [9.17, 15) is 0 Å². The van der Waals surface area contributed by atoms with Gasteiger partial charge in [-0.1, -0.05) is 229 Å². The van der Waals surface area contributed by atoms with E-state index in [0.717, 1.165) is 122 Å². The molecule has 0 aliphatic carbocycles. The normalized spacial score (nSPS) is 12.4. The second kappa shape index (κ2) is 22.1. The predicted molar refractivity (Wildman–Crippen MR) is 375 cm³/mol. The minimum Gasteiger partial charge on any atom is -0.307 e. The van der Waals surface area contributed by atoms with Gasteiger partial charge in [0.25, 0.3) is 0 Å². The standard InChI is InChI=1S/C84H82F2N2/c1-51-41-52(2)44-67(43-51)87(79-71(57-21-33-65(34-22-57)83(11,12)13)47-61(49-73(79)85)55-17-29-63(30-18-55)81(5,6)7)75-39-27-59-26-38-70-76(40-28-60-25-37-69(75)77(59)78(60)70)88(68-45-53(3)42-54(4)46-68)80-72(58-23-35-66(36-24-58)84(14,15)16)48-62(50-74(80)86)56-19-31-64(32-20-56)82(8,9)10/h17-50H,1-16H3. The molecule has 4 heteroatoms. The molecular weight excluding hydrogens is 1070 g/mol. The van der Waals surface area contributed by atoms with Crippen LogP contribution in [0.15, 0.2) is 206 Å². The van der Waals surface area contributed by atoms with E-state index in [1.165, 1.54) is 22.3 Å². The minimum absolute atomic E-state index is 0.0326. The number of halogens is 2. The van der Waals surface area contributed by atoms with Crippen molar-refractivity contribution in [3.05, 3.63) is 262 Å². The van der Waals surface area contributed by atoms with Crippen molar-refractivity contribution in [2.45, 2.75) is 132 Å². The summed E-state index contributed by atoms with van der Waals surface area (Å²) in [6.07, 6.45) is 0. The van der Waals surface area contributed by atoms with E-state index >= 15 is 8.78 Å². The first kappa shape index (κ1) is 59.5. The van der Waals surface area contributed by atoms with E-state index in [2.05, 4.69) is 315 Å². The molecule has 2 nitrogen and oxygen atoms in total. The van der Waals surface area contributed by atoms with Crippen molar-refractivity contribution in [3.8, 4) is 44.5 Å². The van der Waals surface area contributed by atoms with Crippen LogP contribution in [0.2, 0.25) is 0 Å². The molecule has 0 N–H and O–H groups in total. The van der Waals surface area contributed by atoms with Crippen LogP contribution in [0.5, 0.6) is 0 Å². The summed E-state index contributed by atoms with van der Waals surface area (Å²) in [4.78, 5) is 4.32. The lowest BCUT2D eigenvalue weighted by atomic mass is 9.85. The van der Waals surface area contributed by atoms with Crippen LogP contribution < -0.4 is 9.80 Å². The monoisotopic (exact) mass is 1160 g/mol. The Morgan fingerprint density at radius 1 is 0.273 bits per heavy atom. The highest BCUT2D eigenvalue weighted by Gasteiger charge is 2.30. The fourth-order valence-corrected chi connectivity index (χ4v) is 13.1. The van der Waals surface area contributed by atoms with E-state index in [1.54, 1.807) is 12.1 Å². The number of aryl methyl sites for hydroxylation is 4. The summed E-state index contributed by atoms with van der Waals surface area (Å²) in [7, 11) is 0. The molecule has 0 atom stereocenters. The number of rotatable bonds is 10. The van der Waals surface area contributed by atoms with Gasteiger partial charge in [0.2, 0.25) is 0 Å². The van der Waals surface area contributed by atoms with E-state index in [4.69, 9.17) is 0 Å². The Morgan fingerprint density at radius 3 is 0.830 bits per heavy atom. The van der Waals surface area contributed by atoms with Crippen molar-refractivity contribution in [1.29, 1.82) is 0 Å². The summed E-state index contributed by atoms with van der Waals surface area (Å²) in [5, 5.41) is 6.12. The second-order valence-corrected chi connectivity index (χ2v) is 29.0. The van der Waals surface area contributed by atoms with Crippen LogP contribution in [0.25, 0.3) is 76.8 Å². The molecule has 0 heterocycles. The molecule has 0 bridgehead atoms. The Balaban J connectivity index is 1.12. The molecule has 0 spiro atoms. The summed E-state index contributed by atoms with van der Waals surface area (Å²) < 4.78 is 37.0. The fraction of sp³-hybridized carbons (Fsp3) is 0.238. The number of anilines is 6. The zero-order valence-electron chi connectivity index (χ0n) is 54.3. The molecule has 0 aliphatic heterocycles. The second-order valence-electron chi connectivity index (χ2n) is 29.0. The van der Waals surface area contributed by atoms with Gasteiger partial charge in [-0.3, -0.25) is 0 Å². The number of benzene rings is 12. The van der Waals surface area contributed by atoms with E-state index < -0.39 is 0 Å². The summed E-state index contributed by atoms with van der Waals surface area (Å²) in [6.45, 7) is 35.1. The number of hydrogen-bond donors (Lipinski definition) is 0. The first-order chi connectivity index (χ1) is 41.6. The zero-order chi connectivity index (χ0) is 62.5. The maximum atomic E-state index is 18.5. The molecule has 442 valence electrons. The molecule has 12 aromatic rings. The molecule has 0 saturated heterocycles. The van der Waals surface area contributed by atoms with Crippen LogP contribution in [-0.4, -0.2) is 0 Å². The Morgan fingerprint density at radius 2 is 0.545 bits per heavy atom. The maximum absolute atomic E-state index is 18.5. The Kier molecular flexibility index (Phi) is 14.9. The first-order valence-electron chi connectivity index (χ1n) is 31.2. The van der Waals surface area contributed by atoms with Gasteiger partial charge in [0, 0.05) is 33.3 Å². The molecule has 12 rings (SSSR count). The summed E-state index contributed by atoms with van der Waals surface area (Å²) in [5.41, 5.74) is 20.2. The number of nitrogens with zero attached hydrogens (tertiary/aromatic N) is 2. The summed E-state index contributed by atoms with van der Waals surface area (Å²) in [6, 6.07) is 72.9. The van der Waals surface area contributed by atoms with Gasteiger partial charge in [0.15, 0.2) is 0 Å². The zero-order valence-corrected chi connectivity index (χ0v) is 54.3. The smallest absolute Gasteiger partial charge is 0.148 e. The van der Waals surface area contributed by atoms with Gasteiger partial charge in [0.1, 0.15) is 11.6 Å². The van der Waals surface area contributed by atoms with Gasteiger partial charge in [-0.05, 0) is 209 Å². The quantitative estimate of drug-likeness (QED) is 0.126. The molecule has 88 heavy (non-hydrogen) atoms. The maximum Gasteiger partial charge on any atom is 0.148 e. The lowest BCUT2D eigenvalue weighted by Gasteiger charge is -2.32. The van der Waals surface area contributed by atoms with Crippen LogP contribution in [0.4, 0.5) is 42.9 Å². The Labute approximate surface area is 521 Å². The van der Waals surface area contributed by atoms with E-state index in [1.807, 2.05) is 0 Å². The van der Waals surface area contributed by atoms with E-state index in [0.29, 0.717) is 11.4 Å². The topological polar surface area (TPSA) is 6.48 Å². The fourth-order valence-electron chi connectivity index (χ4n) is 13.1. The van der Waals surface area contributed by atoms with Crippen molar-refractivity contribution in [3.63, 3.8) is 0 Å². The van der Waals surface area contributed by atoms with Crippen LogP contribution in [-0.2, 0) is 21.7 Å². The van der Waals surface area contributed by atoms with Gasteiger partial charge in [-0.2, -0.15) is 0 Å². The van der Waals surface area contributed by atoms with Gasteiger partial charge in [-0.25, -0.2) is 8.78 Å². The van der Waals surface area contributed by atoms with Gasteiger partial charge in [0.05, 0.1) is 22.7 Å². The largest absolute Gasteiger partial charge is 0.307 e. The van der Waals surface area contributed by atoms with Crippen LogP contribution in [0.3, 0.4) is 0 Å². The SMILES string of the molecule is Cc1cc(C)cc(N(c2c(F)cc(-c3ccc(C(C)(C)C)cc3)cc2-c2ccc(C(C)(C)C)cc2)c2ccc3ccc4c(N(c5cc(C)cc(C)c5)c5c(F)cc(-c6ccc(C(C)(C)C)cc6)cc5-c5ccc(C(C)(C)C)cc5)ccc5ccc2c3c54)c1. The Bertz CT molecular complexity index is 4280. The lowest BCUT2D eigenvalue weighted by Crippen LogP contribution is -2.15. The van der Waals surface area contributed by atoms with E-state index in [-0.39, 0.29) is 33.3 Å². The molecule has 0 amide bonds. The van der Waals surface area contributed by atoms with Gasteiger partial charge < -0.3 is 9.80 Å². The average molecular weight is 1160 g/mol. The Hall–Kier alpha value is -8.86. The highest BCUT2D eigenvalue weighted by atomic mass is 19.1. The predicted octanol–water partition coefficient (Wildman–Crippen LogP) is 24.9. The molecule has 0 fully saturated rings. The third-order valence-electron chi connectivity index (χ3n) is 17.9. The lowest BCUT2D eigenvalue weighted by molar-refractivity contribution is 0.590. The van der Waals surface area contributed by atoms with Crippen LogP contribution in [0, 0.1) is 39.3 Å². The van der Waals surface area contributed by atoms with Crippen molar-refractivity contribution < 1.29 is 8.78 Å². The molecule has 12 aromatic carbocycles.